The number of benzene rings is 2. The predicted octanol–water partition coefficient (Wildman–Crippen LogP) is 2.21. The second-order valence-electron chi connectivity index (χ2n) is 3.80. The maximum Gasteiger partial charge on any atom is 0.114 e. The quantitative estimate of drug-likeness (QED) is 0.783. The van der Waals surface area contributed by atoms with Crippen LogP contribution in [0.5, 0.6) is 0 Å². The van der Waals surface area contributed by atoms with Crippen LogP contribution >= 0.6 is 0 Å². The van der Waals surface area contributed by atoms with Crippen LogP contribution in [0.4, 0.5) is 0 Å². The van der Waals surface area contributed by atoms with E-state index in [1.54, 1.807) is 0 Å². The van der Waals surface area contributed by atoms with E-state index in [1.807, 2.05) is 12.1 Å². The van der Waals surface area contributed by atoms with E-state index >= 15 is 0 Å². The third-order valence-corrected chi connectivity index (χ3v) is 2.60. The molecule has 2 aromatic rings. The molecular weight excluding hydrogens is 182 g/mol. The Morgan fingerprint density at radius 1 is 0.800 bits per heavy atom. The summed E-state index contributed by atoms with van der Waals surface area (Å²) in [4.78, 5) is 0. The lowest BCUT2D eigenvalue weighted by Crippen LogP contribution is -2.54. The molecule has 1 heteroatoms. The molecule has 76 valence electrons. The zero-order valence-electron chi connectivity index (χ0n) is 8.77. The SMILES string of the molecule is [NH3+][C@H](Cc1ccccc1)c1ccccc1. The fraction of sp³-hybridized carbons (Fsp3) is 0.143. The summed E-state index contributed by atoms with van der Waals surface area (Å²) < 4.78 is 0. The van der Waals surface area contributed by atoms with Gasteiger partial charge in [-0.3, -0.25) is 0 Å². The van der Waals surface area contributed by atoms with Crippen molar-refractivity contribution in [3.05, 3.63) is 71.8 Å². The van der Waals surface area contributed by atoms with Crippen LogP contribution in [-0.2, 0) is 6.42 Å². The van der Waals surface area contributed by atoms with Gasteiger partial charge in [-0.1, -0.05) is 60.7 Å². The standard InChI is InChI=1S/C14H15N/c15-14(13-9-5-2-6-10-13)11-12-7-3-1-4-8-12/h1-10,14H,11,15H2/p+1/t14-/m1/s1. The number of quaternary nitrogens is 1. The fourth-order valence-corrected chi connectivity index (χ4v) is 1.74. The van der Waals surface area contributed by atoms with E-state index in [0.29, 0.717) is 6.04 Å². The Morgan fingerprint density at radius 2 is 1.33 bits per heavy atom. The monoisotopic (exact) mass is 198 g/mol. The van der Waals surface area contributed by atoms with Crippen molar-refractivity contribution in [2.45, 2.75) is 12.5 Å². The van der Waals surface area contributed by atoms with Crippen LogP contribution in [0.15, 0.2) is 60.7 Å². The average molecular weight is 198 g/mol. The smallest absolute Gasteiger partial charge is 0.114 e. The largest absolute Gasteiger partial charge is 0.351 e. The first kappa shape index (κ1) is 9.94. The van der Waals surface area contributed by atoms with Crippen LogP contribution < -0.4 is 5.73 Å². The summed E-state index contributed by atoms with van der Waals surface area (Å²) in [6.07, 6.45) is 1.00. The summed E-state index contributed by atoms with van der Waals surface area (Å²) in [5.74, 6) is 0. The van der Waals surface area contributed by atoms with Gasteiger partial charge in [0.25, 0.3) is 0 Å². The van der Waals surface area contributed by atoms with Crippen molar-refractivity contribution in [1.82, 2.24) is 0 Å². The van der Waals surface area contributed by atoms with Crippen LogP contribution in [0, 0.1) is 0 Å². The van der Waals surface area contributed by atoms with Gasteiger partial charge in [0.05, 0.1) is 0 Å². The summed E-state index contributed by atoms with van der Waals surface area (Å²) in [5.41, 5.74) is 6.86. The number of hydrogen-bond acceptors (Lipinski definition) is 0. The molecule has 0 bridgehead atoms. The molecule has 0 saturated carbocycles. The first-order valence-corrected chi connectivity index (χ1v) is 5.28. The molecule has 0 saturated heterocycles. The Morgan fingerprint density at radius 3 is 1.93 bits per heavy atom. The van der Waals surface area contributed by atoms with Crippen LogP contribution in [0.1, 0.15) is 17.2 Å². The van der Waals surface area contributed by atoms with Crippen LogP contribution in [0.2, 0.25) is 0 Å². The lowest BCUT2D eigenvalue weighted by molar-refractivity contribution is -0.426. The van der Waals surface area contributed by atoms with E-state index in [-0.39, 0.29) is 0 Å². The second kappa shape index (κ2) is 4.76. The topological polar surface area (TPSA) is 27.6 Å². The van der Waals surface area contributed by atoms with Crippen molar-refractivity contribution in [3.8, 4) is 0 Å². The molecule has 2 aromatic carbocycles. The van der Waals surface area contributed by atoms with E-state index in [1.165, 1.54) is 11.1 Å². The molecular formula is C14H16N+. The molecule has 1 nitrogen and oxygen atoms in total. The Hall–Kier alpha value is -1.60. The molecule has 0 unspecified atom stereocenters. The van der Waals surface area contributed by atoms with Gasteiger partial charge >= 0.3 is 0 Å². The summed E-state index contributed by atoms with van der Waals surface area (Å²) in [6.45, 7) is 0. The van der Waals surface area contributed by atoms with Gasteiger partial charge in [-0.25, -0.2) is 0 Å². The van der Waals surface area contributed by atoms with Crippen molar-refractivity contribution >= 4 is 0 Å². The lowest BCUT2D eigenvalue weighted by Gasteiger charge is -2.08. The minimum atomic E-state index is 0.341. The molecule has 2 rings (SSSR count). The molecule has 0 fully saturated rings. The van der Waals surface area contributed by atoms with Crippen molar-refractivity contribution in [2.75, 3.05) is 0 Å². The van der Waals surface area contributed by atoms with Crippen molar-refractivity contribution in [3.63, 3.8) is 0 Å². The van der Waals surface area contributed by atoms with Gasteiger partial charge in [-0.2, -0.15) is 0 Å². The van der Waals surface area contributed by atoms with Gasteiger partial charge in [-0.15, -0.1) is 0 Å². The highest BCUT2D eigenvalue weighted by atomic mass is 14.6. The van der Waals surface area contributed by atoms with Crippen LogP contribution in [-0.4, -0.2) is 0 Å². The van der Waals surface area contributed by atoms with Gasteiger partial charge in [-0.05, 0) is 5.56 Å². The summed E-state index contributed by atoms with van der Waals surface area (Å²) in [5, 5.41) is 0. The van der Waals surface area contributed by atoms with Crippen LogP contribution in [0.3, 0.4) is 0 Å². The van der Waals surface area contributed by atoms with Crippen molar-refractivity contribution in [1.29, 1.82) is 0 Å². The maximum atomic E-state index is 4.20. The first-order chi connectivity index (χ1) is 7.36. The van der Waals surface area contributed by atoms with E-state index in [0.717, 1.165) is 6.42 Å². The normalized spacial score (nSPS) is 12.3. The van der Waals surface area contributed by atoms with Gasteiger partial charge in [0.15, 0.2) is 0 Å². The maximum absolute atomic E-state index is 4.20. The molecule has 0 heterocycles. The Bertz CT molecular complexity index is 394. The minimum Gasteiger partial charge on any atom is -0.351 e. The van der Waals surface area contributed by atoms with Gasteiger partial charge in [0, 0.05) is 12.0 Å². The van der Waals surface area contributed by atoms with E-state index in [9.17, 15) is 0 Å². The fourth-order valence-electron chi connectivity index (χ4n) is 1.74. The highest BCUT2D eigenvalue weighted by Gasteiger charge is 2.08. The third-order valence-electron chi connectivity index (χ3n) is 2.60. The molecule has 0 aliphatic rings. The van der Waals surface area contributed by atoms with Gasteiger partial charge < -0.3 is 5.73 Å². The molecule has 0 amide bonds. The molecule has 0 spiro atoms. The van der Waals surface area contributed by atoms with Crippen molar-refractivity contribution in [2.24, 2.45) is 0 Å². The van der Waals surface area contributed by atoms with E-state index in [4.69, 9.17) is 0 Å². The van der Waals surface area contributed by atoms with Gasteiger partial charge in [0.1, 0.15) is 6.04 Å². The Kier molecular flexibility index (Phi) is 3.15. The zero-order valence-corrected chi connectivity index (χ0v) is 8.77. The van der Waals surface area contributed by atoms with Crippen LogP contribution in [0.25, 0.3) is 0 Å². The van der Waals surface area contributed by atoms with Crippen molar-refractivity contribution < 1.29 is 5.73 Å². The molecule has 0 aromatic heterocycles. The van der Waals surface area contributed by atoms with E-state index in [2.05, 4.69) is 54.3 Å². The predicted molar refractivity (Wildman–Crippen MR) is 62.2 cm³/mol. The number of rotatable bonds is 3. The minimum absolute atomic E-state index is 0.341. The Balaban J connectivity index is 2.08. The average Bonchev–Trinajstić information content (AvgIpc) is 2.31. The first-order valence-electron chi connectivity index (χ1n) is 5.28. The molecule has 15 heavy (non-hydrogen) atoms. The summed E-state index contributed by atoms with van der Waals surface area (Å²) in [6, 6.07) is 21.3. The molecule has 1 atom stereocenters. The lowest BCUT2D eigenvalue weighted by atomic mass is 10.00. The summed E-state index contributed by atoms with van der Waals surface area (Å²) in [7, 11) is 0. The molecule has 0 aliphatic heterocycles. The van der Waals surface area contributed by atoms with Gasteiger partial charge in [0.2, 0.25) is 0 Å². The highest BCUT2D eigenvalue weighted by Crippen LogP contribution is 2.13. The molecule has 0 aliphatic carbocycles. The number of hydrogen-bond donors (Lipinski definition) is 1. The summed E-state index contributed by atoms with van der Waals surface area (Å²) >= 11 is 0. The highest BCUT2D eigenvalue weighted by molar-refractivity contribution is 5.21. The van der Waals surface area contributed by atoms with E-state index < -0.39 is 0 Å². The molecule has 3 N–H and O–H groups in total. The third kappa shape index (κ3) is 2.67. The Labute approximate surface area is 90.6 Å². The second-order valence-corrected chi connectivity index (χ2v) is 3.80. The zero-order chi connectivity index (χ0) is 10.5. The molecule has 0 radical (unpaired) electrons.